The minimum atomic E-state index is -4.76. The van der Waals surface area contributed by atoms with Crippen molar-refractivity contribution in [3.8, 4) is 22.8 Å². The number of nitrogens with zero attached hydrogens (tertiary/aromatic N) is 5. The molecule has 10 nitrogen and oxygen atoms in total. The molecule has 4 aromatic rings. The van der Waals surface area contributed by atoms with E-state index in [-0.39, 0.29) is 24.0 Å². The number of halogens is 3. The first-order valence-electron chi connectivity index (χ1n) is 14.0. The molecule has 1 aliphatic rings. The number of aliphatic imine (C=N–C) groups is 1. The summed E-state index contributed by atoms with van der Waals surface area (Å²) in [6, 6.07) is 18.0. The Hall–Kier alpha value is -4.69. The number of amides is 3. The topological polar surface area (TPSA) is 111 Å². The number of amidine groups is 1. The predicted octanol–water partition coefficient (Wildman–Crippen LogP) is 6.41. The standard InChI is InChI=1S/C31H29F3N6O4S/c1-3-4-22-8-5-20(2)17-26(22)40-27(41)18-45-30(40)36-29(42)38-43-16-15-21-6-9-23(10-7-21)28-35-19-39(37-28)24-11-13-25(14-12-24)44-31(32,33)34/h5-14,17,19H,3-4,15-16,18H2,1-2H3,(H,38,42). The Morgan fingerprint density at radius 2 is 1.82 bits per heavy atom. The molecule has 0 saturated carbocycles. The third-order valence-corrected chi connectivity index (χ3v) is 7.58. The summed E-state index contributed by atoms with van der Waals surface area (Å²) >= 11 is 1.21. The van der Waals surface area contributed by atoms with Gasteiger partial charge in [0.2, 0.25) is 5.91 Å². The maximum atomic E-state index is 12.7. The van der Waals surface area contributed by atoms with Crippen LogP contribution in [0.15, 0.2) is 78.0 Å². The second-order valence-corrected chi connectivity index (χ2v) is 11.0. The van der Waals surface area contributed by atoms with Crippen LogP contribution in [0.25, 0.3) is 17.1 Å². The summed E-state index contributed by atoms with van der Waals surface area (Å²) in [5, 5.41) is 4.71. The first kappa shape index (κ1) is 31.7. The number of carbonyl (C=O) groups is 2. The van der Waals surface area contributed by atoms with Gasteiger partial charge in [-0.15, -0.1) is 18.3 Å². The van der Waals surface area contributed by atoms with Gasteiger partial charge in [0, 0.05) is 5.56 Å². The van der Waals surface area contributed by atoms with E-state index in [0.29, 0.717) is 23.1 Å². The highest BCUT2D eigenvalue weighted by atomic mass is 32.2. The lowest BCUT2D eigenvalue weighted by Gasteiger charge is -2.20. The molecule has 0 radical (unpaired) electrons. The maximum absolute atomic E-state index is 12.7. The number of benzene rings is 3. The summed E-state index contributed by atoms with van der Waals surface area (Å²) in [7, 11) is 0. The van der Waals surface area contributed by atoms with E-state index < -0.39 is 12.4 Å². The molecule has 1 N–H and O–H groups in total. The molecule has 3 aromatic carbocycles. The van der Waals surface area contributed by atoms with Crippen LogP contribution in [-0.4, -0.2) is 50.6 Å². The number of thioether (sulfide) groups is 1. The molecule has 14 heteroatoms. The number of aromatic nitrogens is 3. The van der Waals surface area contributed by atoms with Crippen LogP contribution in [0.1, 0.15) is 30.0 Å². The lowest BCUT2D eigenvalue weighted by atomic mass is 10.0. The van der Waals surface area contributed by atoms with Gasteiger partial charge in [0.15, 0.2) is 11.0 Å². The van der Waals surface area contributed by atoms with Crippen molar-refractivity contribution in [1.82, 2.24) is 20.2 Å². The fourth-order valence-electron chi connectivity index (χ4n) is 4.58. The third kappa shape index (κ3) is 8.28. The van der Waals surface area contributed by atoms with Gasteiger partial charge >= 0.3 is 12.4 Å². The Morgan fingerprint density at radius 3 is 2.53 bits per heavy atom. The van der Waals surface area contributed by atoms with Gasteiger partial charge in [0.05, 0.1) is 23.7 Å². The zero-order valence-corrected chi connectivity index (χ0v) is 25.2. The predicted molar refractivity (Wildman–Crippen MR) is 164 cm³/mol. The smallest absolute Gasteiger partial charge is 0.406 e. The Labute approximate surface area is 261 Å². The first-order chi connectivity index (χ1) is 21.6. The van der Waals surface area contributed by atoms with Crippen molar-refractivity contribution in [2.24, 2.45) is 4.99 Å². The number of urea groups is 1. The van der Waals surface area contributed by atoms with E-state index in [2.05, 4.69) is 32.2 Å². The van der Waals surface area contributed by atoms with Gasteiger partial charge in [-0.2, -0.15) is 4.99 Å². The highest BCUT2D eigenvalue weighted by Gasteiger charge is 2.32. The number of hydrogen-bond donors (Lipinski definition) is 1. The van der Waals surface area contributed by atoms with Gasteiger partial charge in [0.25, 0.3) is 0 Å². The maximum Gasteiger partial charge on any atom is 0.573 e. The van der Waals surface area contributed by atoms with Crippen LogP contribution >= 0.6 is 11.8 Å². The van der Waals surface area contributed by atoms with Crippen molar-refractivity contribution in [1.29, 1.82) is 0 Å². The average molecular weight is 639 g/mol. The molecule has 5 rings (SSSR count). The van der Waals surface area contributed by atoms with Crippen LogP contribution in [0, 0.1) is 6.92 Å². The van der Waals surface area contributed by atoms with Crippen molar-refractivity contribution >= 4 is 34.6 Å². The van der Waals surface area contributed by atoms with Crippen molar-refractivity contribution in [2.75, 3.05) is 17.3 Å². The Bertz CT molecular complexity index is 1690. The molecule has 45 heavy (non-hydrogen) atoms. The normalized spacial score (nSPS) is 14.3. The third-order valence-electron chi connectivity index (χ3n) is 6.65. The highest BCUT2D eigenvalue weighted by molar-refractivity contribution is 8.15. The molecule has 0 bridgehead atoms. The molecular formula is C31H29F3N6O4S. The quantitative estimate of drug-likeness (QED) is 0.158. The van der Waals surface area contributed by atoms with Crippen LogP contribution in [0.2, 0.25) is 0 Å². The molecular weight excluding hydrogens is 609 g/mol. The lowest BCUT2D eigenvalue weighted by Crippen LogP contribution is -2.32. The zero-order chi connectivity index (χ0) is 32.0. The average Bonchev–Trinajstić information content (AvgIpc) is 3.63. The van der Waals surface area contributed by atoms with Crippen molar-refractivity contribution in [3.05, 3.63) is 89.7 Å². The summed E-state index contributed by atoms with van der Waals surface area (Å²) < 4.78 is 42.5. The molecule has 1 aromatic heterocycles. The zero-order valence-electron chi connectivity index (χ0n) is 24.4. The molecule has 1 fully saturated rings. The largest absolute Gasteiger partial charge is 0.573 e. The van der Waals surface area contributed by atoms with Crippen LogP contribution < -0.4 is 15.1 Å². The van der Waals surface area contributed by atoms with E-state index in [1.807, 2.05) is 49.4 Å². The van der Waals surface area contributed by atoms with E-state index in [4.69, 9.17) is 4.84 Å². The number of ether oxygens (including phenoxy) is 1. The highest BCUT2D eigenvalue weighted by Crippen LogP contribution is 2.31. The van der Waals surface area contributed by atoms with Gasteiger partial charge in [0.1, 0.15) is 12.1 Å². The Morgan fingerprint density at radius 1 is 1.07 bits per heavy atom. The summed E-state index contributed by atoms with van der Waals surface area (Å²) in [4.78, 5) is 40.4. The van der Waals surface area contributed by atoms with Crippen LogP contribution in [0.4, 0.5) is 23.7 Å². The van der Waals surface area contributed by atoms with E-state index in [1.54, 1.807) is 0 Å². The molecule has 234 valence electrons. The number of aryl methyl sites for hydroxylation is 2. The molecule has 0 atom stereocenters. The van der Waals surface area contributed by atoms with Crippen molar-refractivity contribution in [3.63, 3.8) is 0 Å². The van der Waals surface area contributed by atoms with Crippen LogP contribution in [-0.2, 0) is 22.5 Å². The van der Waals surface area contributed by atoms with E-state index in [9.17, 15) is 22.8 Å². The molecule has 1 aliphatic heterocycles. The number of hydrogen-bond acceptors (Lipinski definition) is 7. The second-order valence-electron chi connectivity index (χ2n) is 10.1. The van der Waals surface area contributed by atoms with E-state index >= 15 is 0 Å². The molecule has 2 heterocycles. The fraction of sp³-hybridized carbons (Fsp3) is 0.258. The Kier molecular flexibility index (Phi) is 9.83. The SMILES string of the molecule is CCCc1ccc(C)cc1N1C(=O)CSC1=NC(=O)NOCCc1ccc(-c2ncn(-c3ccc(OC(F)(F)F)cc3)n2)cc1. The summed E-state index contributed by atoms with van der Waals surface area (Å²) in [5.41, 5.74) is 7.29. The number of hydroxylamine groups is 1. The van der Waals surface area contributed by atoms with Crippen molar-refractivity contribution < 1.29 is 32.3 Å². The van der Waals surface area contributed by atoms with Gasteiger partial charge in [-0.3, -0.25) is 14.5 Å². The lowest BCUT2D eigenvalue weighted by molar-refractivity contribution is -0.274. The summed E-state index contributed by atoms with van der Waals surface area (Å²) in [5.74, 6) is 0.180. The Balaban J connectivity index is 1.13. The molecule has 1 saturated heterocycles. The molecule has 0 unspecified atom stereocenters. The minimum Gasteiger partial charge on any atom is -0.406 e. The fourth-order valence-corrected chi connectivity index (χ4v) is 5.44. The molecule has 0 spiro atoms. The molecule has 0 aliphatic carbocycles. The molecule has 3 amide bonds. The number of anilines is 1. The van der Waals surface area contributed by atoms with Gasteiger partial charge in [-0.05, 0) is 66.8 Å². The summed E-state index contributed by atoms with van der Waals surface area (Å²) in [6.45, 7) is 4.21. The van der Waals surface area contributed by atoms with Gasteiger partial charge in [-0.25, -0.2) is 19.9 Å². The van der Waals surface area contributed by atoms with Crippen molar-refractivity contribution in [2.45, 2.75) is 39.5 Å². The number of alkyl halides is 3. The first-order valence-corrected chi connectivity index (χ1v) is 15.0. The van der Waals surface area contributed by atoms with Crippen LogP contribution in [0.3, 0.4) is 0 Å². The number of carbonyl (C=O) groups excluding carboxylic acids is 2. The van der Waals surface area contributed by atoms with E-state index in [0.717, 1.165) is 40.8 Å². The van der Waals surface area contributed by atoms with Gasteiger partial charge < -0.3 is 4.74 Å². The number of rotatable bonds is 10. The van der Waals surface area contributed by atoms with Crippen LogP contribution in [0.5, 0.6) is 5.75 Å². The summed E-state index contributed by atoms with van der Waals surface area (Å²) in [6.07, 6.45) is -1.08. The minimum absolute atomic E-state index is 0.130. The van der Waals surface area contributed by atoms with E-state index in [1.165, 1.54) is 51.9 Å². The monoisotopic (exact) mass is 638 g/mol. The van der Waals surface area contributed by atoms with Gasteiger partial charge in [-0.1, -0.05) is 61.5 Å². The number of nitrogens with one attached hydrogen (secondary N) is 1. The second kappa shape index (κ2) is 13.9.